The summed E-state index contributed by atoms with van der Waals surface area (Å²) in [4.78, 5) is 12.4. The van der Waals surface area contributed by atoms with Crippen molar-refractivity contribution in [3.63, 3.8) is 0 Å². The molecule has 4 heteroatoms. The quantitative estimate of drug-likeness (QED) is 0.644. The summed E-state index contributed by atoms with van der Waals surface area (Å²) in [6, 6.07) is 0. The van der Waals surface area contributed by atoms with Crippen LogP contribution in [0.25, 0.3) is 0 Å². The number of ketones is 1. The summed E-state index contributed by atoms with van der Waals surface area (Å²) in [5, 5.41) is 30.0. The van der Waals surface area contributed by atoms with Crippen LogP contribution in [0.5, 0.6) is 0 Å². The number of aliphatic hydroxyl groups is 3. The van der Waals surface area contributed by atoms with Crippen molar-refractivity contribution in [2.24, 2.45) is 17.3 Å². The molecule has 0 aliphatic heterocycles. The second kappa shape index (κ2) is 7.34. The number of allylic oxidation sites excluding steroid dienone is 2. The zero-order chi connectivity index (χ0) is 18.1. The van der Waals surface area contributed by atoms with Crippen molar-refractivity contribution < 1.29 is 20.1 Å². The van der Waals surface area contributed by atoms with Crippen LogP contribution in [0.2, 0.25) is 0 Å². The van der Waals surface area contributed by atoms with Crippen molar-refractivity contribution in [2.45, 2.75) is 59.2 Å². The standard InChI is InChI=1S/C20H30O4/c1-12-5-6-16-17(20(16,4)11-21)10-14(3)19(24)18(23)9-13(2)8-15(22)7-12/h7,9-10,15-18,21-23H,5-6,8,11H2,1-4H3. The molecule has 0 heterocycles. The minimum Gasteiger partial charge on any atom is -0.396 e. The molecular formula is C20H30O4. The fourth-order valence-electron chi connectivity index (χ4n) is 3.92. The Morgan fingerprint density at radius 2 is 1.79 bits per heavy atom. The Balaban J connectivity index is 2.32. The number of hydrogen-bond acceptors (Lipinski definition) is 4. The van der Waals surface area contributed by atoms with Gasteiger partial charge in [0.2, 0.25) is 0 Å². The molecule has 5 unspecified atom stereocenters. The van der Waals surface area contributed by atoms with E-state index < -0.39 is 12.2 Å². The molecule has 2 aliphatic carbocycles. The average Bonchev–Trinajstić information content (AvgIpc) is 3.06. The van der Waals surface area contributed by atoms with Gasteiger partial charge in [-0.3, -0.25) is 4.79 Å². The highest BCUT2D eigenvalue weighted by molar-refractivity contribution is 5.99. The highest BCUT2D eigenvalue weighted by Crippen LogP contribution is 2.61. The van der Waals surface area contributed by atoms with Gasteiger partial charge in [-0.15, -0.1) is 0 Å². The molecular weight excluding hydrogens is 304 g/mol. The van der Waals surface area contributed by atoms with E-state index in [-0.39, 0.29) is 23.7 Å². The SMILES string of the molecule is CC1=CC(O)CC(C)=CC(O)C(=O)C(C)=CC2C(CC1)C2(C)CO. The van der Waals surface area contributed by atoms with E-state index >= 15 is 0 Å². The van der Waals surface area contributed by atoms with Crippen molar-refractivity contribution in [1.82, 2.24) is 0 Å². The summed E-state index contributed by atoms with van der Waals surface area (Å²) in [6.07, 6.45) is 5.72. The third-order valence-corrected chi connectivity index (χ3v) is 5.66. The molecule has 2 aliphatic rings. The molecule has 3 N–H and O–H groups in total. The Kier molecular flexibility index (Phi) is 5.84. The summed E-state index contributed by atoms with van der Waals surface area (Å²) in [7, 11) is 0. The van der Waals surface area contributed by atoms with E-state index in [2.05, 4.69) is 0 Å². The first-order valence-corrected chi connectivity index (χ1v) is 8.73. The van der Waals surface area contributed by atoms with E-state index in [1.807, 2.05) is 32.9 Å². The lowest BCUT2D eigenvalue weighted by atomic mass is 9.99. The first-order valence-electron chi connectivity index (χ1n) is 8.73. The van der Waals surface area contributed by atoms with Gasteiger partial charge in [0.1, 0.15) is 6.10 Å². The van der Waals surface area contributed by atoms with E-state index in [9.17, 15) is 20.1 Å². The molecule has 134 valence electrons. The lowest BCUT2D eigenvalue weighted by Gasteiger charge is -2.12. The molecule has 0 aromatic rings. The van der Waals surface area contributed by atoms with Crippen LogP contribution in [0.4, 0.5) is 0 Å². The number of fused-ring (bicyclic) bond motifs is 1. The van der Waals surface area contributed by atoms with Crippen LogP contribution >= 0.6 is 0 Å². The zero-order valence-corrected chi connectivity index (χ0v) is 15.1. The lowest BCUT2D eigenvalue weighted by Crippen LogP contribution is -2.20. The van der Waals surface area contributed by atoms with Crippen LogP contribution in [0.1, 0.15) is 47.0 Å². The van der Waals surface area contributed by atoms with Crippen molar-refractivity contribution in [3.05, 3.63) is 34.9 Å². The average molecular weight is 334 g/mol. The molecule has 0 bridgehead atoms. The smallest absolute Gasteiger partial charge is 0.190 e. The van der Waals surface area contributed by atoms with Gasteiger partial charge >= 0.3 is 0 Å². The molecule has 0 radical (unpaired) electrons. The second-order valence-corrected chi connectivity index (χ2v) is 7.79. The van der Waals surface area contributed by atoms with Crippen LogP contribution < -0.4 is 0 Å². The molecule has 24 heavy (non-hydrogen) atoms. The largest absolute Gasteiger partial charge is 0.396 e. The van der Waals surface area contributed by atoms with Gasteiger partial charge in [0, 0.05) is 12.0 Å². The number of Topliss-reactive ketones (excluding diaryl/α,β-unsaturated/α-hetero) is 1. The zero-order valence-electron chi connectivity index (χ0n) is 15.1. The Labute approximate surface area is 144 Å². The van der Waals surface area contributed by atoms with Crippen molar-refractivity contribution in [1.29, 1.82) is 0 Å². The highest BCUT2D eigenvalue weighted by atomic mass is 16.3. The molecule has 1 fully saturated rings. The maximum absolute atomic E-state index is 12.4. The first kappa shape index (κ1) is 19.1. The third kappa shape index (κ3) is 4.05. The van der Waals surface area contributed by atoms with Gasteiger partial charge in [0.05, 0.1) is 6.10 Å². The molecule has 0 aromatic carbocycles. The van der Waals surface area contributed by atoms with E-state index in [0.29, 0.717) is 17.9 Å². The van der Waals surface area contributed by atoms with E-state index in [1.54, 1.807) is 6.92 Å². The Hall–Kier alpha value is -1.23. The van der Waals surface area contributed by atoms with E-state index in [0.717, 1.165) is 24.0 Å². The molecule has 0 aromatic heterocycles. The fraction of sp³-hybridized carbons (Fsp3) is 0.650. The molecule has 1 saturated carbocycles. The Morgan fingerprint density at radius 3 is 2.42 bits per heavy atom. The molecule has 2 rings (SSSR count). The van der Waals surface area contributed by atoms with Crippen LogP contribution in [-0.4, -0.2) is 39.9 Å². The van der Waals surface area contributed by atoms with Crippen LogP contribution in [0.3, 0.4) is 0 Å². The summed E-state index contributed by atoms with van der Waals surface area (Å²) in [5.74, 6) is 0.172. The van der Waals surface area contributed by atoms with Gasteiger partial charge in [0.25, 0.3) is 0 Å². The van der Waals surface area contributed by atoms with Gasteiger partial charge in [-0.2, -0.15) is 0 Å². The number of aliphatic hydroxyl groups excluding tert-OH is 3. The highest BCUT2D eigenvalue weighted by Gasteiger charge is 2.58. The number of rotatable bonds is 1. The summed E-state index contributed by atoms with van der Waals surface area (Å²) in [5.41, 5.74) is 2.28. The normalized spacial score (nSPS) is 38.5. The third-order valence-electron chi connectivity index (χ3n) is 5.66. The maximum Gasteiger partial charge on any atom is 0.190 e. The first-order chi connectivity index (χ1) is 11.2. The Morgan fingerprint density at radius 1 is 1.12 bits per heavy atom. The van der Waals surface area contributed by atoms with Crippen molar-refractivity contribution in [3.8, 4) is 0 Å². The topological polar surface area (TPSA) is 77.8 Å². The molecule has 0 saturated heterocycles. The molecule has 5 atom stereocenters. The fourth-order valence-corrected chi connectivity index (χ4v) is 3.92. The van der Waals surface area contributed by atoms with Gasteiger partial charge < -0.3 is 15.3 Å². The number of carbonyl (C=O) groups is 1. The van der Waals surface area contributed by atoms with Crippen LogP contribution in [0, 0.1) is 17.3 Å². The molecule has 4 nitrogen and oxygen atoms in total. The van der Waals surface area contributed by atoms with Crippen molar-refractivity contribution in [2.75, 3.05) is 6.61 Å². The van der Waals surface area contributed by atoms with E-state index in [1.165, 1.54) is 6.08 Å². The lowest BCUT2D eigenvalue weighted by molar-refractivity contribution is -0.121. The molecule has 0 amide bonds. The van der Waals surface area contributed by atoms with Crippen LogP contribution in [-0.2, 0) is 4.79 Å². The van der Waals surface area contributed by atoms with Gasteiger partial charge in [0.15, 0.2) is 5.78 Å². The minimum atomic E-state index is -1.18. The van der Waals surface area contributed by atoms with Crippen LogP contribution in [0.15, 0.2) is 34.9 Å². The summed E-state index contributed by atoms with van der Waals surface area (Å²) in [6.45, 7) is 7.69. The molecule has 0 spiro atoms. The number of hydrogen-bond donors (Lipinski definition) is 3. The predicted octanol–water partition coefficient (Wildman–Crippen LogP) is 2.54. The maximum atomic E-state index is 12.4. The number of carbonyl (C=O) groups excluding carboxylic acids is 1. The monoisotopic (exact) mass is 334 g/mol. The van der Waals surface area contributed by atoms with Crippen molar-refractivity contribution >= 4 is 5.78 Å². The van der Waals surface area contributed by atoms with Gasteiger partial charge in [-0.25, -0.2) is 0 Å². The summed E-state index contributed by atoms with van der Waals surface area (Å²) >= 11 is 0. The predicted molar refractivity (Wildman–Crippen MR) is 94.3 cm³/mol. The van der Waals surface area contributed by atoms with E-state index in [4.69, 9.17) is 0 Å². The summed E-state index contributed by atoms with van der Waals surface area (Å²) < 4.78 is 0. The second-order valence-electron chi connectivity index (χ2n) is 7.79. The van der Waals surface area contributed by atoms with Gasteiger partial charge in [-0.05, 0) is 63.5 Å². The minimum absolute atomic E-state index is 0.0905. The van der Waals surface area contributed by atoms with Gasteiger partial charge in [-0.1, -0.05) is 30.2 Å². The Bertz CT molecular complexity index is 586.